The largest absolute Gasteiger partial charge is 0.326 e. The minimum atomic E-state index is -3.26. The Morgan fingerprint density at radius 1 is 1.31 bits per heavy atom. The predicted molar refractivity (Wildman–Crippen MR) is 65.2 cm³/mol. The van der Waals surface area contributed by atoms with Gasteiger partial charge in [-0.25, -0.2) is 13.1 Å². The molecule has 3 N–H and O–H groups in total. The number of sulfonamides is 1. The van der Waals surface area contributed by atoms with Gasteiger partial charge >= 0.3 is 0 Å². The molecule has 0 heterocycles. The van der Waals surface area contributed by atoms with Crippen LogP contribution in [0.1, 0.15) is 11.1 Å². The first kappa shape index (κ1) is 12.9. The van der Waals surface area contributed by atoms with Crippen molar-refractivity contribution in [3.05, 3.63) is 48.0 Å². The van der Waals surface area contributed by atoms with Gasteiger partial charge in [0.25, 0.3) is 0 Å². The molecule has 1 rings (SSSR count). The van der Waals surface area contributed by atoms with Crippen LogP contribution in [-0.4, -0.2) is 14.2 Å². The maximum Gasteiger partial charge on any atom is 0.215 e. The highest BCUT2D eigenvalue weighted by Crippen LogP contribution is 2.07. The smallest absolute Gasteiger partial charge is 0.215 e. The average molecular weight is 240 g/mol. The molecule has 4 nitrogen and oxygen atoms in total. The first-order valence-electron chi connectivity index (χ1n) is 4.94. The minimum Gasteiger partial charge on any atom is -0.326 e. The average Bonchev–Trinajstić information content (AvgIpc) is 2.27. The Morgan fingerprint density at radius 3 is 2.50 bits per heavy atom. The van der Waals surface area contributed by atoms with Crippen molar-refractivity contribution in [2.75, 3.05) is 5.75 Å². The van der Waals surface area contributed by atoms with Crippen molar-refractivity contribution in [1.82, 2.24) is 4.72 Å². The molecule has 88 valence electrons. The lowest BCUT2D eigenvalue weighted by atomic mass is 10.1. The van der Waals surface area contributed by atoms with Gasteiger partial charge in [0.15, 0.2) is 0 Å². The van der Waals surface area contributed by atoms with Crippen molar-refractivity contribution in [2.24, 2.45) is 5.73 Å². The maximum atomic E-state index is 11.4. The Balaban J connectivity index is 2.71. The minimum absolute atomic E-state index is 0.0716. The van der Waals surface area contributed by atoms with Crippen molar-refractivity contribution < 1.29 is 8.42 Å². The number of nitrogens with one attached hydrogen (secondary N) is 1. The van der Waals surface area contributed by atoms with E-state index in [0.717, 1.165) is 11.1 Å². The third-order valence-corrected chi connectivity index (χ3v) is 3.42. The Morgan fingerprint density at radius 2 is 1.94 bits per heavy atom. The number of hydrogen-bond donors (Lipinski definition) is 2. The van der Waals surface area contributed by atoms with Crippen LogP contribution in [-0.2, 0) is 23.1 Å². The van der Waals surface area contributed by atoms with E-state index in [2.05, 4.69) is 11.3 Å². The van der Waals surface area contributed by atoms with Crippen LogP contribution in [0.3, 0.4) is 0 Å². The van der Waals surface area contributed by atoms with Crippen LogP contribution in [0, 0.1) is 0 Å². The highest BCUT2D eigenvalue weighted by atomic mass is 32.2. The molecule has 0 aliphatic rings. The Labute approximate surface area is 96.2 Å². The summed E-state index contributed by atoms with van der Waals surface area (Å²) in [4.78, 5) is 0. The molecule has 0 bridgehead atoms. The van der Waals surface area contributed by atoms with Crippen molar-refractivity contribution in [2.45, 2.75) is 13.1 Å². The molecule has 0 atom stereocenters. The molecular formula is C11H16N2O2S. The third kappa shape index (κ3) is 3.77. The Kier molecular flexibility index (Phi) is 4.67. The molecule has 0 spiro atoms. The Hall–Kier alpha value is -1.17. The van der Waals surface area contributed by atoms with Gasteiger partial charge in [-0.2, -0.15) is 0 Å². The first-order valence-corrected chi connectivity index (χ1v) is 6.59. The molecule has 5 heteroatoms. The van der Waals surface area contributed by atoms with Crippen LogP contribution < -0.4 is 10.5 Å². The Bertz CT molecular complexity index is 455. The summed E-state index contributed by atoms with van der Waals surface area (Å²) in [6.07, 6.45) is 1.36. The van der Waals surface area contributed by atoms with Crippen molar-refractivity contribution in [1.29, 1.82) is 0 Å². The fraction of sp³-hybridized carbons (Fsp3) is 0.273. The van der Waals surface area contributed by atoms with Gasteiger partial charge in [0.05, 0.1) is 5.75 Å². The van der Waals surface area contributed by atoms with E-state index in [1.54, 1.807) is 0 Å². The lowest BCUT2D eigenvalue weighted by Crippen LogP contribution is -2.25. The van der Waals surface area contributed by atoms with Crippen molar-refractivity contribution >= 4 is 10.0 Å². The molecule has 0 saturated heterocycles. The molecule has 0 amide bonds. The number of nitrogens with two attached hydrogens (primary N) is 1. The summed E-state index contributed by atoms with van der Waals surface area (Å²) < 4.78 is 25.3. The highest BCUT2D eigenvalue weighted by molar-refractivity contribution is 7.89. The predicted octanol–water partition coefficient (Wildman–Crippen LogP) is 0.751. The number of rotatable bonds is 6. The van der Waals surface area contributed by atoms with Crippen LogP contribution in [0.2, 0.25) is 0 Å². The van der Waals surface area contributed by atoms with Crippen LogP contribution in [0.15, 0.2) is 36.9 Å². The molecule has 1 aromatic rings. The summed E-state index contributed by atoms with van der Waals surface area (Å²) in [5.74, 6) is -0.0716. The lowest BCUT2D eigenvalue weighted by Gasteiger charge is -2.08. The SMILES string of the molecule is C=CCS(=O)(=O)NCc1ccccc1CN. The summed E-state index contributed by atoms with van der Waals surface area (Å²) in [5, 5.41) is 0. The van der Waals surface area contributed by atoms with E-state index in [-0.39, 0.29) is 12.3 Å². The monoisotopic (exact) mass is 240 g/mol. The van der Waals surface area contributed by atoms with E-state index in [1.165, 1.54) is 6.08 Å². The van der Waals surface area contributed by atoms with Crippen LogP contribution in [0.4, 0.5) is 0 Å². The zero-order chi connectivity index (χ0) is 12.0. The molecule has 16 heavy (non-hydrogen) atoms. The fourth-order valence-corrected chi connectivity index (χ4v) is 2.13. The van der Waals surface area contributed by atoms with Crippen LogP contribution in [0.25, 0.3) is 0 Å². The summed E-state index contributed by atoms with van der Waals surface area (Å²) in [6.45, 7) is 4.06. The summed E-state index contributed by atoms with van der Waals surface area (Å²) in [7, 11) is -3.26. The second-order valence-electron chi connectivity index (χ2n) is 3.36. The quantitative estimate of drug-likeness (QED) is 0.721. The van der Waals surface area contributed by atoms with Crippen molar-refractivity contribution in [3.8, 4) is 0 Å². The summed E-state index contributed by atoms with van der Waals surface area (Å²) in [5.41, 5.74) is 7.40. The van der Waals surface area contributed by atoms with Gasteiger partial charge in [-0.15, -0.1) is 6.58 Å². The van der Waals surface area contributed by atoms with Gasteiger partial charge in [-0.3, -0.25) is 0 Å². The van der Waals surface area contributed by atoms with E-state index in [0.29, 0.717) is 6.54 Å². The fourth-order valence-electron chi connectivity index (χ4n) is 1.33. The van der Waals surface area contributed by atoms with Crippen molar-refractivity contribution in [3.63, 3.8) is 0 Å². The molecule has 0 aliphatic heterocycles. The van der Waals surface area contributed by atoms with E-state index >= 15 is 0 Å². The van der Waals surface area contributed by atoms with Gasteiger partial charge in [-0.1, -0.05) is 30.3 Å². The molecule has 0 radical (unpaired) electrons. The number of benzene rings is 1. The second kappa shape index (κ2) is 5.79. The van der Waals surface area contributed by atoms with Gasteiger partial charge in [0.1, 0.15) is 0 Å². The zero-order valence-corrected chi connectivity index (χ0v) is 9.83. The first-order chi connectivity index (χ1) is 7.59. The van der Waals surface area contributed by atoms with Gasteiger partial charge in [-0.05, 0) is 11.1 Å². The van der Waals surface area contributed by atoms with E-state index in [1.807, 2.05) is 24.3 Å². The standard InChI is InChI=1S/C11H16N2O2S/c1-2-7-16(14,15)13-9-11-6-4-3-5-10(11)8-12/h2-6,13H,1,7-9,12H2. The summed E-state index contributed by atoms with van der Waals surface area (Å²) >= 11 is 0. The number of hydrogen-bond acceptors (Lipinski definition) is 3. The second-order valence-corrected chi connectivity index (χ2v) is 5.22. The maximum absolute atomic E-state index is 11.4. The molecule has 1 aromatic carbocycles. The molecule has 0 unspecified atom stereocenters. The molecule has 0 aliphatic carbocycles. The van der Waals surface area contributed by atoms with Gasteiger partial charge < -0.3 is 5.73 Å². The zero-order valence-electron chi connectivity index (χ0n) is 9.02. The molecule has 0 aromatic heterocycles. The van der Waals surface area contributed by atoms with Crippen LogP contribution >= 0.6 is 0 Å². The lowest BCUT2D eigenvalue weighted by molar-refractivity contribution is 0.584. The van der Waals surface area contributed by atoms with Crippen LogP contribution in [0.5, 0.6) is 0 Å². The molecular weight excluding hydrogens is 224 g/mol. The van der Waals surface area contributed by atoms with Gasteiger partial charge in [0, 0.05) is 13.1 Å². The highest BCUT2D eigenvalue weighted by Gasteiger charge is 2.08. The van der Waals surface area contributed by atoms with Gasteiger partial charge in [0.2, 0.25) is 10.0 Å². The van der Waals surface area contributed by atoms with E-state index < -0.39 is 10.0 Å². The van der Waals surface area contributed by atoms with E-state index in [4.69, 9.17) is 5.73 Å². The third-order valence-electron chi connectivity index (χ3n) is 2.16. The van der Waals surface area contributed by atoms with E-state index in [9.17, 15) is 8.42 Å². The summed E-state index contributed by atoms with van der Waals surface area (Å²) in [6, 6.07) is 7.48. The normalized spacial score (nSPS) is 11.3. The molecule has 0 saturated carbocycles. The topological polar surface area (TPSA) is 72.2 Å². The molecule has 0 fully saturated rings.